The summed E-state index contributed by atoms with van der Waals surface area (Å²) in [6.07, 6.45) is 0.435. The highest BCUT2D eigenvalue weighted by molar-refractivity contribution is 9.12. The van der Waals surface area contributed by atoms with Gasteiger partial charge in [-0.2, -0.15) is 0 Å². The molecular formula is C9H11Br2NO4S2. The molecule has 1 aromatic rings. The highest BCUT2D eigenvalue weighted by Gasteiger charge is 2.34. The molecule has 9 heteroatoms. The third-order valence-electron chi connectivity index (χ3n) is 2.59. The van der Waals surface area contributed by atoms with E-state index in [4.69, 9.17) is 4.74 Å². The monoisotopic (exact) mass is 419 g/mol. The summed E-state index contributed by atoms with van der Waals surface area (Å²) in [4.78, 5) is 0.168. The lowest BCUT2D eigenvalue weighted by Crippen LogP contribution is -2.43. The van der Waals surface area contributed by atoms with E-state index in [9.17, 15) is 13.5 Å². The quantitative estimate of drug-likeness (QED) is 0.777. The van der Waals surface area contributed by atoms with E-state index in [0.29, 0.717) is 16.8 Å². The van der Waals surface area contributed by atoms with Gasteiger partial charge in [0, 0.05) is 19.6 Å². The zero-order valence-electron chi connectivity index (χ0n) is 9.15. The standard InChI is InChI=1S/C9H11Br2NO4S2/c10-7-3-6(8(11)17-7)18(14,15)12-4-9(13)1-2-16-5-9/h3,12-13H,1-2,4-5H2. The van der Waals surface area contributed by atoms with Crippen LogP contribution in [0.25, 0.3) is 0 Å². The maximum atomic E-state index is 12.1. The second-order valence-corrected chi connectivity index (χ2v) is 9.52. The average molecular weight is 421 g/mol. The fourth-order valence-corrected chi connectivity index (χ4v) is 6.48. The van der Waals surface area contributed by atoms with Crippen LogP contribution >= 0.6 is 43.2 Å². The summed E-state index contributed by atoms with van der Waals surface area (Å²) in [5.41, 5.74) is -1.10. The van der Waals surface area contributed by atoms with E-state index in [1.165, 1.54) is 17.4 Å². The molecule has 1 fully saturated rings. The van der Waals surface area contributed by atoms with Gasteiger partial charge in [0.15, 0.2) is 0 Å². The first-order valence-corrected chi connectivity index (χ1v) is 8.96. The Morgan fingerprint density at radius 1 is 1.56 bits per heavy atom. The summed E-state index contributed by atoms with van der Waals surface area (Å²) in [6, 6.07) is 1.52. The molecule has 102 valence electrons. The molecule has 18 heavy (non-hydrogen) atoms. The van der Waals surface area contributed by atoms with Crippen LogP contribution in [0.1, 0.15) is 6.42 Å². The minimum Gasteiger partial charge on any atom is -0.386 e. The van der Waals surface area contributed by atoms with Gasteiger partial charge in [-0.05, 0) is 37.9 Å². The fourth-order valence-electron chi connectivity index (χ4n) is 1.55. The summed E-state index contributed by atoms with van der Waals surface area (Å²) in [5.74, 6) is 0. The Hall–Kier alpha value is 0.490. The largest absolute Gasteiger partial charge is 0.386 e. The van der Waals surface area contributed by atoms with Crippen molar-refractivity contribution in [3.05, 3.63) is 13.6 Å². The SMILES string of the molecule is O=S(=O)(NCC1(O)CCOC1)c1cc(Br)sc1Br. The normalized spacial score (nSPS) is 24.6. The van der Waals surface area contributed by atoms with Crippen molar-refractivity contribution in [2.45, 2.75) is 16.9 Å². The molecule has 0 radical (unpaired) electrons. The van der Waals surface area contributed by atoms with Crippen LogP contribution in [0.3, 0.4) is 0 Å². The second kappa shape index (κ2) is 5.47. The number of nitrogens with one attached hydrogen (secondary N) is 1. The van der Waals surface area contributed by atoms with Gasteiger partial charge in [-0.3, -0.25) is 0 Å². The summed E-state index contributed by atoms with van der Waals surface area (Å²) < 4.78 is 32.8. The van der Waals surface area contributed by atoms with Crippen molar-refractivity contribution in [2.75, 3.05) is 19.8 Å². The lowest BCUT2D eigenvalue weighted by molar-refractivity contribution is 0.0314. The van der Waals surface area contributed by atoms with Gasteiger partial charge < -0.3 is 9.84 Å². The average Bonchev–Trinajstić information content (AvgIpc) is 2.84. The highest BCUT2D eigenvalue weighted by Crippen LogP contribution is 2.34. The van der Waals surface area contributed by atoms with Gasteiger partial charge in [-0.1, -0.05) is 0 Å². The Labute approximate surface area is 126 Å². The van der Waals surface area contributed by atoms with Crippen LogP contribution in [0.5, 0.6) is 0 Å². The fraction of sp³-hybridized carbons (Fsp3) is 0.556. The van der Waals surface area contributed by atoms with E-state index < -0.39 is 15.6 Å². The topological polar surface area (TPSA) is 75.6 Å². The highest BCUT2D eigenvalue weighted by atomic mass is 79.9. The van der Waals surface area contributed by atoms with Gasteiger partial charge >= 0.3 is 0 Å². The molecular weight excluding hydrogens is 410 g/mol. The number of hydrogen-bond donors (Lipinski definition) is 2. The van der Waals surface area contributed by atoms with Crippen LogP contribution in [0.15, 0.2) is 18.5 Å². The summed E-state index contributed by atoms with van der Waals surface area (Å²) in [7, 11) is -3.63. The number of rotatable bonds is 4. The molecule has 0 saturated carbocycles. The van der Waals surface area contributed by atoms with E-state index in [0.717, 1.165) is 3.79 Å². The summed E-state index contributed by atoms with van der Waals surface area (Å²) >= 11 is 7.71. The predicted molar refractivity (Wildman–Crippen MR) is 75.3 cm³/mol. The maximum Gasteiger partial charge on any atom is 0.242 e. The van der Waals surface area contributed by atoms with E-state index in [2.05, 4.69) is 36.6 Å². The molecule has 1 saturated heterocycles. The van der Waals surface area contributed by atoms with Gasteiger partial charge in [0.2, 0.25) is 10.0 Å². The van der Waals surface area contributed by atoms with Crippen molar-refractivity contribution in [3.63, 3.8) is 0 Å². The first-order chi connectivity index (χ1) is 8.32. The van der Waals surface area contributed by atoms with Gasteiger partial charge in [-0.25, -0.2) is 13.1 Å². The number of thiophene rings is 1. The van der Waals surface area contributed by atoms with Gasteiger partial charge in [0.25, 0.3) is 0 Å². The molecule has 2 rings (SSSR count). The van der Waals surface area contributed by atoms with Crippen molar-refractivity contribution in [3.8, 4) is 0 Å². The Bertz CT molecular complexity index is 537. The molecule has 1 atom stereocenters. The third kappa shape index (κ3) is 3.33. The molecule has 0 spiro atoms. The van der Waals surface area contributed by atoms with E-state index in [-0.39, 0.29) is 18.0 Å². The molecule has 0 aromatic carbocycles. The Kier molecular flexibility index (Phi) is 4.52. The van der Waals surface area contributed by atoms with Gasteiger partial charge in [-0.15, -0.1) is 11.3 Å². The van der Waals surface area contributed by atoms with Gasteiger partial charge in [0.05, 0.1) is 14.2 Å². The van der Waals surface area contributed by atoms with E-state index in [1.54, 1.807) is 0 Å². The minimum atomic E-state index is -3.63. The van der Waals surface area contributed by atoms with Crippen LogP contribution in [0, 0.1) is 0 Å². The van der Waals surface area contributed by atoms with Crippen molar-refractivity contribution in [1.29, 1.82) is 0 Å². The Morgan fingerprint density at radius 3 is 2.78 bits per heavy atom. The number of aliphatic hydroxyl groups is 1. The van der Waals surface area contributed by atoms with Crippen molar-refractivity contribution >= 4 is 53.2 Å². The lowest BCUT2D eigenvalue weighted by atomic mass is 10.1. The Morgan fingerprint density at radius 2 is 2.28 bits per heavy atom. The number of hydrogen-bond acceptors (Lipinski definition) is 5. The van der Waals surface area contributed by atoms with Crippen LogP contribution in [0.4, 0.5) is 0 Å². The van der Waals surface area contributed by atoms with Gasteiger partial charge in [0.1, 0.15) is 10.5 Å². The third-order valence-corrected chi connectivity index (χ3v) is 6.74. The van der Waals surface area contributed by atoms with Crippen LogP contribution in [-0.2, 0) is 14.8 Å². The minimum absolute atomic E-state index is 0.0464. The molecule has 1 aliphatic rings. The van der Waals surface area contributed by atoms with Crippen LogP contribution in [-0.4, -0.2) is 38.9 Å². The van der Waals surface area contributed by atoms with Crippen molar-refractivity contribution < 1.29 is 18.3 Å². The molecule has 2 heterocycles. The Balaban J connectivity index is 2.10. The predicted octanol–water partition coefficient (Wildman–Crippen LogP) is 1.70. The van der Waals surface area contributed by atoms with Crippen LogP contribution in [0.2, 0.25) is 0 Å². The zero-order chi connectivity index (χ0) is 13.4. The zero-order valence-corrected chi connectivity index (χ0v) is 14.0. The number of halogens is 2. The molecule has 1 aromatic heterocycles. The summed E-state index contributed by atoms with van der Waals surface area (Å²) in [5, 5.41) is 10.0. The molecule has 0 bridgehead atoms. The molecule has 0 amide bonds. The number of ether oxygens (including phenoxy) is 1. The number of sulfonamides is 1. The van der Waals surface area contributed by atoms with E-state index >= 15 is 0 Å². The maximum absolute atomic E-state index is 12.1. The van der Waals surface area contributed by atoms with Crippen LogP contribution < -0.4 is 4.72 Å². The molecule has 2 N–H and O–H groups in total. The van der Waals surface area contributed by atoms with Crippen molar-refractivity contribution in [1.82, 2.24) is 4.72 Å². The lowest BCUT2D eigenvalue weighted by Gasteiger charge is -2.20. The molecule has 5 nitrogen and oxygen atoms in total. The smallest absolute Gasteiger partial charge is 0.242 e. The second-order valence-electron chi connectivity index (χ2n) is 4.04. The van der Waals surface area contributed by atoms with Crippen molar-refractivity contribution in [2.24, 2.45) is 0 Å². The summed E-state index contributed by atoms with van der Waals surface area (Å²) in [6.45, 7) is 0.561. The molecule has 1 unspecified atom stereocenters. The molecule has 0 aliphatic carbocycles. The van der Waals surface area contributed by atoms with E-state index in [1.807, 2.05) is 0 Å². The molecule has 1 aliphatic heterocycles. The first-order valence-electron chi connectivity index (χ1n) is 5.07. The first kappa shape index (κ1) is 14.9.